The summed E-state index contributed by atoms with van der Waals surface area (Å²) in [6.07, 6.45) is 7.26. The van der Waals surface area contributed by atoms with Crippen molar-refractivity contribution in [2.75, 3.05) is 52.1 Å². The fraction of sp³-hybridized carbons (Fsp3) is 0.944. The Balaban J connectivity index is 1.60. The molecule has 1 N–H and O–H groups in total. The molecule has 152 valence electrons. The number of piperazine rings is 1. The third-order valence-corrected chi connectivity index (χ3v) is 6.95. The summed E-state index contributed by atoms with van der Waals surface area (Å²) in [7, 11) is -3.19. The van der Waals surface area contributed by atoms with E-state index in [1.54, 1.807) is 0 Å². The standard InChI is InChI=1S/C18H36N4O3S/c1-16(2)22(26(3,24)25)10-6-9-19-18(23)15-20-11-13-21(14-12-20)17-7-4-5-8-17/h16-17H,4-15H2,1-3H3,(H,19,23). The van der Waals surface area contributed by atoms with Crippen LogP contribution in [0.5, 0.6) is 0 Å². The maximum absolute atomic E-state index is 12.1. The number of rotatable bonds is 9. The van der Waals surface area contributed by atoms with Gasteiger partial charge in [0.1, 0.15) is 0 Å². The molecule has 0 bridgehead atoms. The molecule has 0 unspecified atom stereocenters. The van der Waals surface area contributed by atoms with Gasteiger partial charge in [0.25, 0.3) is 0 Å². The predicted molar refractivity (Wildman–Crippen MR) is 105 cm³/mol. The lowest BCUT2D eigenvalue weighted by molar-refractivity contribution is -0.122. The second-order valence-corrected chi connectivity index (χ2v) is 9.86. The van der Waals surface area contributed by atoms with Crippen LogP contribution < -0.4 is 5.32 Å². The van der Waals surface area contributed by atoms with Crippen molar-refractivity contribution in [2.45, 2.75) is 58.0 Å². The van der Waals surface area contributed by atoms with E-state index in [4.69, 9.17) is 0 Å². The van der Waals surface area contributed by atoms with Crippen LogP contribution in [0.2, 0.25) is 0 Å². The molecule has 1 aliphatic heterocycles. The molecule has 2 aliphatic rings. The molecule has 0 aromatic carbocycles. The van der Waals surface area contributed by atoms with E-state index >= 15 is 0 Å². The van der Waals surface area contributed by atoms with Crippen molar-refractivity contribution >= 4 is 15.9 Å². The van der Waals surface area contributed by atoms with Gasteiger partial charge in [0.05, 0.1) is 12.8 Å². The van der Waals surface area contributed by atoms with Gasteiger partial charge in [0.2, 0.25) is 15.9 Å². The summed E-state index contributed by atoms with van der Waals surface area (Å²) in [4.78, 5) is 16.9. The summed E-state index contributed by atoms with van der Waals surface area (Å²) >= 11 is 0. The first-order valence-electron chi connectivity index (χ1n) is 9.97. The molecule has 7 nitrogen and oxygen atoms in total. The number of amides is 1. The molecule has 1 saturated carbocycles. The molecule has 26 heavy (non-hydrogen) atoms. The summed E-state index contributed by atoms with van der Waals surface area (Å²) < 4.78 is 24.9. The minimum absolute atomic E-state index is 0.0368. The summed E-state index contributed by atoms with van der Waals surface area (Å²) in [6.45, 7) is 9.17. The van der Waals surface area contributed by atoms with Crippen molar-refractivity contribution < 1.29 is 13.2 Å². The second kappa shape index (κ2) is 10.0. The normalized spacial score (nSPS) is 21.0. The van der Waals surface area contributed by atoms with Gasteiger partial charge in [0, 0.05) is 51.4 Å². The zero-order valence-electron chi connectivity index (χ0n) is 16.6. The first-order valence-corrected chi connectivity index (χ1v) is 11.8. The maximum Gasteiger partial charge on any atom is 0.234 e. The zero-order chi connectivity index (χ0) is 19.2. The van der Waals surface area contributed by atoms with Crippen LogP contribution in [0.15, 0.2) is 0 Å². The Morgan fingerprint density at radius 1 is 1.15 bits per heavy atom. The molecule has 0 atom stereocenters. The van der Waals surface area contributed by atoms with Crippen molar-refractivity contribution in [1.82, 2.24) is 19.4 Å². The summed E-state index contributed by atoms with van der Waals surface area (Å²) in [5.74, 6) is 0.0368. The van der Waals surface area contributed by atoms with E-state index in [0.29, 0.717) is 26.1 Å². The molecule has 1 heterocycles. The number of sulfonamides is 1. The monoisotopic (exact) mass is 388 g/mol. The van der Waals surface area contributed by atoms with Gasteiger partial charge in [-0.25, -0.2) is 8.42 Å². The Kier molecular flexibility index (Phi) is 8.32. The SMILES string of the molecule is CC(C)N(CCCNC(=O)CN1CCN(C2CCCC2)CC1)S(C)(=O)=O. The van der Waals surface area contributed by atoms with E-state index in [9.17, 15) is 13.2 Å². The molecule has 0 aromatic heterocycles. The molecule has 1 saturated heterocycles. The Bertz CT molecular complexity index is 539. The average Bonchev–Trinajstić information content (AvgIpc) is 3.08. The van der Waals surface area contributed by atoms with E-state index < -0.39 is 10.0 Å². The minimum Gasteiger partial charge on any atom is -0.355 e. The van der Waals surface area contributed by atoms with Crippen molar-refractivity contribution in [3.8, 4) is 0 Å². The molecule has 2 fully saturated rings. The van der Waals surface area contributed by atoms with Crippen molar-refractivity contribution in [3.63, 3.8) is 0 Å². The van der Waals surface area contributed by atoms with Crippen molar-refractivity contribution in [3.05, 3.63) is 0 Å². The number of nitrogens with one attached hydrogen (secondary N) is 1. The lowest BCUT2D eigenvalue weighted by Gasteiger charge is -2.37. The van der Waals surface area contributed by atoms with Crippen molar-refractivity contribution in [2.24, 2.45) is 0 Å². The van der Waals surface area contributed by atoms with Gasteiger partial charge in [-0.3, -0.25) is 14.6 Å². The van der Waals surface area contributed by atoms with Gasteiger partial charge in [-0.2, -0.15) is 4.31 Å². The molecular weight excluding hydrogens is 352 g/mol. The third kappa shape index (κ3) is 6.79. The van der Waals surface area contributed by atoms with E-state index in [0.717, 1.165) is 32.2 Å². The highest BCUT2D eigenvalue weighted by Gasteiger charge is 2.26. The molecule has 1 aliphatic carbocycles. The fourth-order valence-electron chi connectivity index (χ4n) is 4.08. The molecule has 8 heteroatoms. The lowest BCUT2D eigenvalue weighted by atomic mass is 10.2. The summed E-state index contributed by atoms with van der Waals surface area (Å²) in [5.41, 5.74) is 0. The van der Waals surface area contributed by atoms with Crippen LogP contribution in [-0.2, 0) is 14.8 Å². The van der Waals surface area contributed by atoms with Crippen molar-refractivity contribution in [1.29, 1.82) is 0 Å². The third-order valence-electron chi connectivity index (χ3n) is 5.49. The first-order chi connectivity index (χ1) is 12.3. The highest BCUT2D eigenvalue weighted by atomic mass is 32.2. The molecule has 1 amide bonds. The Labute approximate surface area is 159 Å². The van der Waals surface area contributed by atoms with Gasteiger partial charge >= 0.3 is 0 Å². The summed E-state index contributed by atoms with van der Waals surface area (Å²) in [6, 6.07) is 0.710. The van der Waals surface area contributed by atoms with Gasteiger partial charge in [-0.1, -0.05) is 12.8 Å². The zero-order valence-corrected chi connectivity index (χ0v) is 17.4. The lowest BCUT2D eigenvalue weighted by Crippen LogP contribution is -2.51. The van der Waals surface area contributed by atoms with Crippen LogP contribution in [0.25, 0.3) is 0 Å². The Morgan fingerprint density at radius 2 is 1.77 bits per heavy atom. The van der Waals surface area contributed by atoms with E-state index in [1.807, 2.05) is 13.8 Å². The molecule has 0 aromatic rings. The van der Waals surface area contributed by atoms with Crippen LogP contribution in [-0.4, -0.2) is 92.6 Å². The number of nitrogens with zero attached hydrogens (tertiary/aromatic N) is 3. The summed E-state index contributed by atoms with van der Waals surface area (Å²) in [5, 5.41) is 2.93. The maximum atomic E-state index is 12.1. The van der Waals surface area contributed by atoms with Crippen LogP contribution in [0.1, 0.15) is 46.0 Å². The van der Waals surface area contributed by atoms with Crippen LogP contribution in [0, 0.1) is 0 Å². The minimum atomic E-state index is -3.19. The Morgan fingerprint density at radius 3 is 2.31 bits per heavy atom. The highest BCUT2D eigenvalue weighted by molar-refractivity contribution is 7.88. The first kappa shape index (κ1) is 21.6. The van der Waals surface area contributed by atoms with E-state index in [-0.39, 0.29) is 11.9 Å². The fourth-order valence-corrected chi connectivity index (χ4v) is 5.31. The highest BCUT2D eigenvalue weighted by Crippen LogP contribution is 2.24. The number of hydrogen-bond acceptors (Lipinski definition) is 5. The Hall–Kier alpha value is -0.700. The van der Waals surface area contributed by atoms with Crippen LogP contribution in [0.4, 0.5) is 0 Å². The number of carbonyl (C=O) groups is 1. The quantitative estimate of drug-likeness (QED) is 0.590. The van der Waals surface area contributed by atoms with Crippen LogP contribution >= 0.6 is 0 Å². The van der Waals surface area contributed by atoms with E-state index in [1.165, 1.54) is 36.2 Å². The smallest absolute Gasteiger partial charge is 0.234 e. The average molecular weight is 389 g/mol. The predicted octanol–water partition coefficient (Wildman–Crippen LogP) is 0.723. The second-order valence-electron chi connectivity index (χ2n) is 7.92. The largest absolute Gasteiger partial charge is 0.355 e. The van der Waals surface area contributed by atoms with Gasteiger partial charge in [0.15, 0.2) is 0 Å². The number of carbonyl (C=O) groups excluding carboxylic acids is 1. The molecule has 0 radical (unpaired) electrons. The van der Waals surface area contributed by atoms with Gasteiger partial charge < -0.3 is 5.32 Å². The van der Waals surface area contributed by atoms with Gasteiger partial charge in [-0.05, 0) is 33.1 Å². The topological polar surface area (TPSA) is 73.0 Å². The van der Waals surface area contributed by atoms with E-state index in [2.05, 4.69) is 15.1 Å². The molecular formula is C18H36N4O3S. The molecule has 2 rings (SSSR count). The van der Waals surface area contributed by atoms with Gasteiger partial charge in [-0.15, -0.1) is 0 Å². The van der Waals surface area contributed by atoms with Crippen LogP contribution in [0.3, 0.4) is 0 Å². The molecule has 0 spiro atoms. The number of hydrogen-bond donors (Lipinski definition) is 1.